The molecule has 2 aliphatic rings. The van der Waals surface area contributed by atoms with E-state index in [-0.39, 0.29) is 23.8 Å². The molecule has 0 aromatic rings. The number of carbonyl (C=O) groups excluding carboxylic acids is 1. The number of rotatable bonds is 4. The van der Waals surface area contributed by atoms with Gasteiger partial charge in [0.2, 0.25) is 5.91 Å². The number of aliphatic hydroxyl groups excluding tert-OH is 1. The quantitative estimate of drug-likeness (QED) is 0.766. The highest BCUT2D eigenvalue weighted by Crippen LogP contribution is 2.33. The lowest BCUT2D eigenvalue weighted by Gasteiger charge is -2.32. The molecular weight excluding hydrogens is 230 g/mol. The van der Waals surface area contributed by atoms with E-state index in [4.69, 9.17) is 4.74 Å². The van der Waals surface area contributed by atoms with Crippen molar-refractivity contribution in [1.29, 1.82) is 0 Å². The molecule has 2 aliphatic heterocycles. The van der Waals surface area contributed by atoms with Gasteiger partial charge in [-0.2, -0.15) is 0 Å². The number of allylic oxidation sites excluding steroid dienone is 1. The topological polar surface area (TPSA) is 49.8 Å². The van der Waals surface area contributed by atoms with Gasteiger partial charge in [-0.1, -0.05) is 6.08 Å². The lowest BCUT2D eigenvalue weighted by molar-refractivity contribution is -0.131. The van der Waals surface area contributed by atoms with Gasteiger partial charge in [-0.05, 0) is 25.7 Å². The summed E-state index contributed by atoms with van der Waals surface area (Å²) in [5.74, 6) is -0.0358. The molecule has 1 N–H and O–H groups in total. The van der Waals surface area contributed by atoms with Crippen molar-refractivity contribution >= 4 is 5.91 Å². The van der Waals surface area contributed by atoms with E-state index in [9.17, 15) is 9.90 Å². The first-order valence-electron chi connectivity index (χ1n) is 6.80. The predicted octanol–water partition coefficient (Wildman–Crippen LogP) is 1.20. The number of hydrogen-bond donors (Lipinski definition) is 1. The molecule has 0 aromatic carbocycles. The van der Waals surface area contributed by atoms with E-state index < -0.39 is 6.10 Å². The maximum atomic E-state index is 12.0. The van der Waals surface area contributed by atoms with Crippen LogP contribution in [-0.2, 0) is 9.53 Å². The van der Waals surface area contributed by atoms with Crippen molar-refractivity contribution in [3.05, 3.63) is 12.7 Å². The molecule has 2 fully saturated rings. The zero-order valence-corrected chi connectivity index (χ0v) is 11.0. The fraction of sp³-hybridized carbons (Fsp3) is 0.786. The summed E-state index contributed by atoms with van der Waals surface area (Å²) >= 11 is 0. The van der Waals surface area contributed by atoms with Crippen molar-refractivity contribution in [3.8, 4) is 0 Å². The van der Waals surface area contributed by atoms with Crippen molar-refractivity contribution in [3.63, 3.8) is 0 Å². The zero-order valence-electron chi connectivity index (χ0n) is 11.0. The highest BCUT2D eigenvalue weighted by molar-refractivity contribution is 5.81. The van der Waals surface area contributed by atoms with Crippen LogP contribution in [0.1, 0.15) is 25.7 Å². The van der Waals surface area contributed by atoms with E-state index in [2.05, 4.69) is 6.58 Å². The molecule has 0 spiro atoms. The standard InChI is InChI=1S/C14H23NO3/c1-3-6-10-11(9-15(2)14(10)17)13(16)12-7-4-5-8-18-12/h3,10-13,16H,1,4-9H2,2H3. The molecule has 4 heteroatoms. The van der Waals surface area contributed by atoms with Crippen LogP contribution < -0.4 is 0 Å². The smallest absolute Gasteiger partial charge is 0.226 e. The van der Waals surface area contributed by atoms with Crippen LogP contribution in [0, 0.1) is 11.8 Å². The zero-order chi connectivity index (χ0) is 13.1. The Balaban J connectivity index is 2.05. The van der Waals surface area contributed by atoms with Gasteiger partial charge in [0.05, 0.1) is 12.2 Å². The molecule has 0 aromatic heterocycles. The van der Waals surface area contributed by atoms with Gasteiger partial charge < -0.3 is 14.7 Å². The molecule has 2 rings (SSSR count). The molecule has 2 heterocycles. The molecule has 18 heavy (non-hydrogen) atoms. The molecule has 1 amide bonds. The Labute approximate surface area is 109 Å². The number of likely N-dealkylation sites (tertiary alicyclic amines) is 1. The first-order chi connectivity index (χ1) is 8.65. The molecule has 0 saturated carbocycles. The van der Waals surface area contributed by atoms with Crippen LogP contribution in [0.15, 0.2) is 12.7 Å². The second kappa shape index (κ2) is 5.85. The van der Waals surface area contributed by atoms with Crippen LogP contribution in [0.4, 0.5) is 0 Å². The largest absolute Gasteiger partial charge is 0.390 e. The minimum absolute atomic E-state index is 0.0244. The summed E-state index contributed by atoms with van der Waals surface area (Å²) in [7, 11) is 1.80. The third-order valence-electron chi connectivity index (χ3n) is 4.15. The highest BCUT2D eigenvalue weighted by atomic mass is 16.5. The average Bonchev–Trinajstić information content (AvgIpc) is 2.68. The van der Waals surface area contributed by atoms with Gasteiger partial charge in [0.15, 0.2) is 0 Å². The Morgan fingerprint density at radius 3 is 3.00 bits per heavy atom. The molecule has 102 valence electrons. The number of amides is 1. The van der Waals surface area contributed by atoms with Crippen molar-refractivity contribution in [1.82, 2.24) is 4.90 Å². The minimum atomic E-state index is -0.538. The van der Waals surface area contributed by atoms with Crippen LogP contribution in [-0.4, -0.2) is 48.3 Å². The Hall–Kier alpha value is -0.870. The van der Waals surface area contributed by atoms with Gasteiger partial charge in [0.1, 0.15) is 0 Å². The third kappa shape index (κ3) is 2.59. The molecule has 0 radical (unpaired) electrons. The highest BCUT2D eigenvalue weighted by Gasteiger charge is 2.44. The van der Waals surface area contributed by atoms with Crippen molar-refractivity contribution in [2.45, 2.75) is 37.9 Å². The van der Waals surface area contributed by atoms with Gasteiger partial charge in [-0.3, -0.25) is 4.79 Å². The number of aliphatic hydroxyl groups is 1. The fourth-order valence-electron chi connectivity index (χ4n) is 3.11. The van der Waals surface area contributed by atoms with Gasteiger partial charge in [0, 0.05) is 32.0 Å². The molecule has 4 atom stereocenters. The lowest BCUT2D eigenvalue weighted by Crippen LogP contribution is -2.41. The van der Waals surface area contributed by atoms with E-state index in [1.165, 1.54) is 0 Å². The van der Waals surface area contributed by atoms with Gasteiger partial charge >= 0.3 is 0 Å². The normalized spacial score (nSPS) is 34.7. The maximum absolute atomic E-state index is 12.0. The predicted molar refractivity (Wildman–Crippen MR) is 69.0 cm³/mol. The van der Waals surface area contributed by atoms with Crippen molar-refractivity contribution < 1.29 is 14.6 Å². The summed E-state index contributed by atoms with van der Waals surface area (Å²) in [4.78, 5) is 13.7. The first kappa shape index (κ1) is 13.6. The summed E-state index contributed by atoms with van der Waals surface area (Å²) in [5, 5.41) is 10.5. The van der Waals surface area contributed by atoms with Crippen LogP contribution in [0.5, 0.6) is 0 Å². The lowest BCUT2D eigenvalue weighted by atomic mass is 9.84. The van der Waals surface area contributed by atoms with Crippen LogP contribution >= 0.6 is 0 Å². The molecule has 4 nitrogen and oxygen atoms in total. The third-order valence-corrected chi connectivity index (χ3v) is 4.15. The van der Waals surface area contributed by atoms with Crippen LogP contribution in [0.3, 0.4) is 0 Å². The molecular formula is C14H23NO3. The number of carbonyl (C=O) groups is 1. The maximum Gasteiger partial charge on any atom is 0.226 e. The Kier molecular flexibility index (Phi) is 4.40. The first-order valence-corrected chi connectivity index (χ1v) is 6.80. The summed E-state index contributed by atoms with van der Waals surface area (Å²) in [6.07, 6.45) is 4.84. The SMILES string of the molecule is C=CCC1C(=O)N(C)CC1C(O)C1CCCCO1. The van der Waals surface area contributed by atoms with Gasteiger partial charge in [-0.15, -0.1) is 6.58 Å². The van der Waals surface area contributed by atoms with E-state index in [0.717, 1.165) is 25.9 Å². The molecule has 0 aliphatic carbocycles. The Morgan fingerprint density at radius 1 is 1.61 bits per heavy atom. The number of nitrogens with zero attached hydrogens (tertiary/aromatic N) is 1. The summed E-state index contributed by atoms with van der Waals surface area (Å²) in [6.45, 7) is 5.06. The molecule has 2 saturated heterocycles. The van der Waals surface area contributed by atoms with Crippen molar-refractivity contribution in [2.24, 2.45) is 11.8 Å². The van der Waals surface area contributed by atoms with Crippen LogP contribution in [0.25, 0.3) is 0 Å². The summed E-state index contributed by atoms with van der Waals surface area (Å²) in [5.41, 5.74) is 0. The minimum Gasteiger partial charge on any atom is -0.390 e. The summed E-state index contributed by atoms with van der Waals surface area (Å²) < 4.78 is 5.64. The van der Waals surface area contributed by atoms with Crippen molar-refractivity contribution in [2.75, 3.05) is 20.2 Å². The number of hydrogen-bond acceptors (Lipinski definition) is 3. The second-order valence-electron chi connectivity index (χ2n) is 5.41. The average molecular weight is 253 g/mol. The van der Waals surface area contributed by atoms with Gasteiger partial charge in [-0.25, -0.2) is 0 Å². The van der Waals surface area contributed by atoms with Crippen LogP contribution in [0.2, 0.25) is 0 Å². The Bertz CT molecular complexity index is 312. The van der Waals surface area contributed by atoms with E-state index in [1.54, 1.807) is 18.0 Å². The van der Waals surface area contributed by atoms with Gasteiger partial charge in [0.25, 0.3) is 0 Å². The molecule has 4 unspecified atom stereocenters. The second-order valence-corrected chi connectivity index (χ2v) is 5.41. The molecule has 0 bridgehead atoms. The monoisotopic (exact) mass is 253 g/mol. The number of ether oxygens (including phenoxy) is 1. The van der Waals surface area contributed by atoms with E-state index >= 15 is 0 Å². The van der Waals surface area contributed by atoms with E-state index in [0.29, 0.717) is 13.0 Å². The fourth-order valence-corrected chi connectivity index (χ4v) is 3.11. The Morgan fingerprint density at radius 2 is 2.39 bits per heavy atom. The summed E-state index contributed by atoms with van der Waals surface area (Å²) in [6, 6.07) is 0. The van der Waals surface area contributed by atoms with E-state index in [1.807, 2.05) is 0 Å².